The van der Waals surface area contributed by atoms with Gasteiger partial charge in [0.05, 0.1) is 11.1 Å². The highest BCUT2D eigenvalue weighted by molar-refractivity contribution is 7.36. The average Bonchev–Trinajstić information content (AvgIpc) is 3.86. The Hall–Kier alpha value is -3.56. The molecule has 52 heavy (non-hydrogen) atoms. The maximum atomic E-state index is 14.6. The first-order valence-electron chi connectivity index (χ1n) is 13.8. The van der Waals surface area contributed by atoms with E-state index in [1.165, 1.54) is 57.5 Å². The van der Waals surface area contributed by atoms with E-state index in [2.05, 4.69) is 0 Å². The zero-order valence-corrected chi connectivity index (χ0v) is 29.1. The summed E-state index contributed by atoms with van der Waals surface area (Å²) in [6.45, 7) is 0. The molecule has 0 fully saturated rings. The molecule has 0 nitrogen and oxygen atoms in total. The third-order valence-corrected chi connectivity index (χ3v) is 15.0. The van der Waals surface area contributed by atoms with E-state index < -0.39 is 81.1 Å². The van der Waals surface area contributed by atoms with Crippen LogP contribution in [-0.4, -0.2) is 0 Å². The molecular weight excluding hydrogens is 843 g/mol. The lowest BCUT2D eigenvalue weighted by molar-refractivity contribution is -0.144. The number of halogens is 14. The standard InChI is InChI=1S/C32H6F14S6/c33-23-19(24(34)28(38)21(27(23)37)31(41,42)43)17-5-15-13(51-17)3-11(49-15)9-1-7-8(48-9)2-10(47-7)12-4-14-16(50-12)6-18(52-14)20-25(35)29(39)22(32(44,45)46)30(40)26(20)36/h1-6H. The predicted molar refractivity (Wildman–Crippen MR) is 178 cm³/mol. The van der Waals surface area contributed by atoms with Gasteiger partial charge in [-0.25, -0.2) is 35.1 Å². The largest absolute Gasteiger partial charge is 0.422 e. The summed E-state index contributed by atoms with van der Waals surface area (Å²) < 4.78 is 197. The third kappa shape index (κ3) is 5.47. The molecule has 0 bridgehead atoms. The van der Waals surface area contributed by atoms with Gasteiger partial charge in [0, 0.05) is 57.5 Å². The molecule has 0 aliphatic carbocycles. The first-order valence-corrected chi connectivity index (χ1v) is 18.7. The van der Waals surface area contributed by atoms with Gasteiger partial charge in [-0.3, -0.25) is 0 Å². The van der Waals surface area contributed by atoms with Crippen molar-refractivity contribution in [3.05, 3.63) is 94.1 Å². The van der Waals surface area contributed by atoms with Crippen LogP contribution >= 0.6 is 68.0 Å². The van der Waals surface area contributed by atoms with Gasteiger partial charge in [-0.1, -0.05) is 0 Å². The van der Waals surface area contributed by atoms with Crippen molar-refractivity contribution in [2.45, 2.75) is 12.4 Å². The van der Waals surface area contributed by atoms with Crippen molar-refractivity contribution < 1.29 is 61.5 Å². The van der Waals surface area contributed by atoms with Crippen LogP contribution in [0.25, 0.3) is 68.6 Å². The van der Waals surface area contributed by atoms with E-state index >= 15 is 0 Å². The Balaban J connectivity index is 1.07. The summed E-state index contributed by atoms with van der Waals surface area (Å²) >= 11 is 6.62. The van der Waals surface area contributed by atoms with Gasteiger partial charge < -0.3 is 0 Å². The van der Waals surface area contributed by atoms with Gasteiger partial charge in [-0.05, 0) is 36.4 Å². The first kappa shape index (κ1) is 35.5. The Bertz CT molecular complexity index is 2430. The molecule has 268 valence electrons. The molecule has 0 saturated heterocycles. The molecule has 0 amide bonds. The number of rotatable bonds is 4. The Kier molecular flexibility index (Phi) is 8.17. The van der Waals surface area contributed by atoms with Crippen molar-refractivity contribution in [3.63, 3.8) is 0 Å². The molecule has 6 aromatic heterocycles. The van der Waals surface area contributed by atoms with Crippen molar-refractivity contribution in [1.82, 2.24) is 0 Å². The van der Waals surface area contributed by atoms with Crippen LogP contribution in [-0.2, 0) is 12.4 Å². The van der Waals surface area contributed by atoms with E-state index in [1.54, 1.807) is 12.1 Å². The molecule has 8 rings (SSSR count). The fourth-order valence-electron chi connectivity index (χ4n) is 5.43. The van der Waals surface area contributed by atoms with Crippen LogP contribution in [0.5, 0.6) is 0 Å². The number of hydrogen-bond acceptors (Lipinski definition) is 6. The normalized spacial score (nSPS) is 12.8. The number of fused-ring (bicyclic) bond motifs is 3. The maximum absolute atomic E-state index is 14.6. The van der Waals surface area contributed by atoms with Gasteiger partial charge in [0.2, 0.25) is 0 Å². The van der Waals surface area contributed by atoms with Crippen molar-refractivity contribution >= 4 is 96.2 Å². The molecule has 2 aromatic carbocycles. The monoisotopic (exact) mass is 848 g/mol. The summed E-state index contributed by atoms with van der Waals surface area (Å²) in [5.41, 5.74) is -7.79. The van der Waals surface area contributed by atoms with Crippen molar-refractivity contribution in [2.75, 3.05) is 0 Å². The van der Waals surface area contributed by atoms with Gasteiger partial charge in [0.15, 0.2) is 46.5 Å². The summed E-state index contributed by atoms with van der Waals surface area (Å²) in [5.74, 6) is -18.8. The van der Waals surface area contributed by atoms with Gasteiger partial charge in [-0.15, -0.1) is 68.0 Å². The smallest absolute Gasteiger partial charge is 0.203 e. The highest BCUT2D eigenvalue weighted by Crippen LogP contribution is 2.51. The topological polar surface area (TPSA) is 0 Å². The number of thiophene rings is 6. The summed E-state index contributed by atoms with van der Waals surface area (Å²) in [4.78, 5) is 2.44. The van der Waals surface area contributed by atoms with Gasteiger partial charge >= 0.3 is 12.4 Å². The second-order valence-corrected chi connectivity index (χ2v) is 17.4. The van der Waals surface area contributed by atoms with E-state index in [4.69, 9.17) is 0 Å². The average molecular weight is 849 g/mol. The van der Waals surface area contributed by atoms with Gasteiger partial charge in [0.25, 0.3) is 0 Å². The van der Waals surface area contributed by atoms with Crippen molar-refractivity contribution in [1.29, 1.82) is 0 Å². The van der Waals surface area contributed by atoms with Crippen LogP contribution < -0.4 is 0 Å². The molecule has 6 heterocycles. The first-order chi connectivity index (χ1) is 24.3. The van der Waals surface area contributed by atoms with Crippen molar-refractivity contribution in [3.8, 4) is 40.4 Å². The van der Waals surface area contributed by atoms with Gasteiger partial charge in [0.1, 0.15) is 11.1 Å². The minimum absolute atomic E-state index is 0.303. The molecule has 0 spiro atoms. The molecule has 0 saturated carbocycles. The lowest BCUT2D eigenvalue weighted by atomic mass is 10.1. The molecular formula is C32H6F14S6. The Morgan fingerprint density at radius 1 is 0.288 bits per heavy atom. The fourth-order valence-corrected chi connectivity index (χ4v) is 12.8. The SMILES string of the molecule is Fc1c(F)c(C(F)(F)F)c(F)c(F)c1-c1cc2sc(-c3cc4sc(-c5cc6sc(-c7c(F)c(F)c(C(F)(F)F)c(F)c7F)cc6s5)cc4s3)cc2s1. The van der Waals surface area contributed by atoms with E-state index in [1.807, 2.05) is 12.1 Å². The quantitative estimate of drug-likeness (QED) is 0.122. The highest BCUT2D eigenvalue weighted by atomic mass is 32.1. The second-order valence-electron chi connectivity index (χ2n) is 10.9. The number of hydrogen-bond donors (Lipinski definition) is 0. The number of benzene rings is 2. The van der Waals surface area contributed by atoms with Crippen molar-refractivity contribution in [2.24, 2.45) is 0 Å². The summed E-state index contributed by atoms with van der Waals surface area (Å²) in [7, 11) is 0. The third-order valence-electron chi connectivity index (χ3n) is 7.69. The molecule has 0 N–H and O–H groups in total. The minimum atomic E-state index is -5.66. The Morgan fingerprint density at radius 3 is 0.692 bits per heavy atom. The van der Waals surface area contributed by atoms with Crippen LogP contribution in [0, 0.1) is 46.5 Å². The second kappa shape index (κ2) is 12.0. The fraction of sp³-hybridized carbons (Fsp3) is 0.0625. The van der Waals surface area contributed by atoms with Crippen LogP contribution in [0.4, 0.5) is 61.5 Å². The van der Waals surface area contributed by atoms with Gasteiger partial charge in [-0.2, -0.15) is 26.3 Å². The molecule has 0 unspecified atom stereocenters. The minimum Gasteiger partial charge on any atom is -0.203 e. The van der Waals surface area contributed by atoms with E-state index in [0.29, 0.717) is 18.8 Å². The van der Waals surface area contributed by atoms with Crippen LogP contribution in [0.3, 0.4) is 0 Å². The molecule has 20 heteroatoms. The zero-order chi connectivity index (χ0) is 37.3. The Morgan fingerprint density at radius 2 is 0.481 bits per heavy atom. The van der Waals surface area contributed by atoms with Crippen LogP contribution in [0.2, 0.25) is 0 Å². The molecule has 0 atom stereocenters. The van der Waals surface area contributed by atoms with E-state index in [-0.39, 0.29) is 9.75 Å². The lowest BCUT2D eigenvalue weighted by Gasteiger charge is -2.13. The summed E-state index contributed by atoms with van der Waals surface area (Å²) in [5, 5.41) is 0. The number of alkyl halides is 6. The van der Waals surface area contributed by atoms with Crippen LogP contribution in [0.15, 0.2) is 36.4 Å². The molecule has 0 aliphatic heterocycles. The van der Waals surface area contributed by atoms with Crippen LogP contribution in [0.1, 0.15) is 11.1 Å². The zero-order valence-electron chi connectivity index (χ0n) is 24.2. The van der Waals surface area contributed by atoms with E-state index in [0.717, 1.165) is 51.6 Å². The summed E-state index contributed by atoms with van der Waals surface area (Å²) in [6.07, 6.45) is -11.3. The van der Waals surface area contributed by atoms with E-state index in [9.17, 15) is 61.5 Å². The lowest BCUT2D eigenvalue weighted by Crippen LogP contribution is -2.15. The highest BCUT2D eigenvalue weighted by Gasteiger charge is 2.44. The molecule has 8 aromatic rings. The molecule has 0 radical (unpaired) electrons. The summed E-state index contributed by atoms with van der Waals surface area (Å²) in [6, 6.07) is 9.55. The molecule has 0 aliphatic rings. The predicted octanol–water partition coefficient (Wildman–Crippen LogP) is 15.3. The maximum Gasteiger partial charge on any atom is 0.422 e. The Labute approximate surface area is 303 Å².